The van der Waals surface area contributed by atoms with Crippen molar-refractivity contribution in [3.63, 3.8) is 0 Å². The predicted molar refractivity (Wildman–Crippen MR) is 37.6 cm³/mol. The van der Waals surface area contributed by atoms with Crippen molar-refractivity contribution >= 4 is 21.6 Å². The van der Waals surface area contributed by atoms with Gasteiger partial charge in [-0.3, -0.25) is 0 Å². The molecule has 13 heavy (non-hydrogen) atoms. The Morgan fingerprint density at radius 1 is 1.31 bits per heavy atom. The van der Waals surface area contributed by atoms with Crippen LogP contribution in [0.1, 0.15) is 4.88 Å². The van der Waals surface area contributed by atoms with Crippen molar-refractivity contribution in [2.45, 2.75) is 11.1 Å². The van der Waals surface area contributed by atoms with Gasteiger partial charge in [-0.05, 0) is 11.4 Å². The third kappa shape index (κ3) is 2.19. The fourth-order valence-corrected chi connectivity index (χ4v) is 2.45. The molecule has 0 aliphatic heterocycles. The zero-order valence-corrected chi connectivity index (χ0v) is 7.43. The Hall–Kier alpha value is -0.630. The number of hydrogen-bond donors (Lipinski definition) is 0. The molecule has 0 fully saturated rings. The highest BCUT2D eigenvalue weighted by Gasteiger charge is 2.38. The molecule has 0 spiro atoms. The Morgan fingerprint density at radius 3 is 2.15 bits per heavy atom. The average Bonchev–Trinajstić information content (AvgIpc) is 2.27. The summed E-state index contributed by atoms with van der Waals surface area (Å²) < 4.78 is 68.6. The molecule has 0 amide bonds. The monoisotopic (exact) mass is 234 g/mol. The molecule has 8 heteroatoms. The van der Waals surface area contributed by atoms with Crippen molar-refractivity contribution in [2.24, 2.45) is 0 Å². The normalized spacial score (nSPS) is 13.2. The van der Waals surface area contributed by atoms with E-state index >= 15 is 0 Å². The molecule has 1 aromatic rings. The Morgan fingerprint density at radius 2 is 1.85 bits per heavy atom. The van der Waals surface area contributed by atoms with E-state index in [1.807, 2.05) is 0 Å². The molecule has 0 saturated heterocycles. The molecule has 0 aliphatic carbocycles. The maximum atomic E-state index is 12.2. The maximum absolute atomic E-state index is 12.2. The SMILES string of the molecule is O=S(=O)(F)c1ccsc1C(F)(F)F. The van der Waals surface area contributed by atoms with Crippen LogP contribution in [0.4, 0.5) is 17.1 Å². The summed E-state index contributed by atoms with van der Waals surface area (Å²) in [5.41, 5.74) is 0. The molecular formula is C5H2F4O2S2. The molecule has 74 valence electrons. The quantitative estimate of drug-likeness (QED) is 0.552. The second-order valence-electron chi connectivity index (χ2n) is 2.05. The lowest BCUT2D eigenvalue weighted by Gasteiger charge is -2.03. The van der Waals surface area contributed by atoms with E-state index in [9.17, 15) is 25.5 Å². The minimum Gasteiger partial charge on any atom is -0.189 e. The zero-order valence-electron chi connectivity index (χ0n) is 5.80. The fraction of sp³-hybridized carbons (Fsp3) is 0.200. The Balaban J connectivity index is 3.35. The third-order valence-corrected chi connectivity index (χ3v) is 3.10. The van der Waals surface area contributed by atoms with Crippen molar-refractivity contribution in [2.75, 3.05) is 0 Å². The largest absolute Gasteiger partial charge is 0.426 e. The Labute approximate surface area is 75.0 Å². The van der Waals surface area contributed by atoms with Gasteiger partial charge in [-0.1, -0.05) is 0 Å². The molecule has 0 bridgehead atoms. The molecule has 0 atom stereocenters. The van der Waals surface area contributed by atoms with Crippen LogP contribution in [0.25, 0.3) is 0 Å². The maximum Gasteiger partial charge on any atom is 0.426 e. The van der Waals surface area contributed by atoms with Gasteiger partial charge in [0.15, 0.2) is 0 Å². The highest BCUT2D eigenvalue weighted by atomic mass is 32.3. The van der Waals surface area contributed by atoms with Gasteiger partial charge >= 0.3 is 16.4 Å². The molecule has 2 nitrogen and oxygen atoms in total. The molecule has 0 N–H and O–H groups in total. The minimum absolute atomic E-state index is 0.139. The van der Waals surface area contributed by atoms with E-state index in [-0.39, 0.29) is 11.3 Å². The van der Waals surface area contributed by atoms with Crippen LogP contribution >= 0.6 is 11.3 Å². The van der Waals surface area contributed by atoms with E-state index in [2.05, 4.69) is 0 Å². The van der Waals surface area contributed by atoms with Crippen LogP contribution in [0.15, 0.2) is 16.3 Å². The van der Waals surface area contributed by atoms with Gasteiger partial charge in [-0.2, -0.15) is 21.6 Å². The van der Waals surface area contributed by atoms with Crippen molar-refractivity contribution in [1.29, 1.82) is 0 Å². The molecule has 0 radical (unpaired) electrons. The summed E-state index contributed by atoms with van der Waals surface area (Å²) in [5.74, 6) is 0. The van der Waals surface area contributed by atoms with Gasteiger partial charge < -0.3 is 0 Å². The van der Waals surface area contributed by atoms with Gasteiger partial charge in [-0.25, -0.2) is 0 Å². The molecule has 1 heterocycles. The summed E-state index contributed by atoms with van der Waals surface area (Å²) in [7, 11) is -5.28. The first-order valence-corrected chi connectivity index (χ1v) is 5.08. The number of rotatable bonds is 1. The molecule has 0 unspecified atom stereocenters. The topological polar surface area (TPSA) is 34.1 Å². The lowest BCUT2D eigenvalue weighted by atomic mass is 10.5. The second-order valence-corrected chi connectivity index (χ2v) is 4.28. The Kier molecular flexibility index (Phi) is 2.37. The third-order valence-electron chi connectivity index (χ3n) is 1.15. The summed E-state index contributed by atoms with van der Waals surface area (Å²) in [6.45, 7) is 0. The van der Waals surface area contributed by atoms with E-state index < -0.39 is 26.2 Å². The molecule has 1 rings (SSSR count). The van der Waals surface area contributed by atoms with Crippen LogP contribution in [0.2, 0.25) is 0 Å². The van der Waals surface area contributed by atoms with Gasteiger partial charge in [0.1, 0.15) is 9.77 Å². The Bertz CT molecular complexity index is 402. The number of alkyl halides is 3. The molecule has 1 aromatic heterocycles. The summed E-state index contributed by atoms with van der Waals surface area (Å²) >= 11 is 0.139. The number of thiophene rings is 1. The predicted octanol–water partition coefficient (Wildman–Crippen LogP) is 2.43. The summed E-state index contributed by atoms with van der Waals surface area (Å²) in [6.07, 6.45) is -4.83. The van der Waals surface area contributed by atoms with Gasteiger partial charge in [-0.15, -0.1) is 15.2 Å². The first-order chi connectivity index (χ1) is 5.73. The lowest BCUT2D eigenvalue weighted by Crippen LogP contribution is -2.07. The van der Waals surface area contributed by atoms with Gasteiger partial charge in [0, 0.05) is 0 Å². The highest BCUT2D eigenvalue weighted by molar-refractivity contribution is 7.86. The van der Waals surface area contributed by atoms with Crippen molar-refractivity contribution < 1.29 is 25.5 Å². The number of halogens is 4. The average molecular weight is 234 g/mol. The fourth-order valence-electron chi connectivity index (χ4n) is 0.696. The molecule has 0 saturated carbocycles. The highest BCUT2D eigenvalue weighted by Crippen LogP contribution is 2.38. The van der Waals surface area contributed by atoms with Crippen LogP contribution in [0.5, 0.6) is 0 Å². The van der Waals surface area contributed by atoms with E-state index in [1.165, 1.54) is 0 Å². The lowest BCUT2D eigenvalue weighted by molar-refractivity contribution is -0.136. The second kappa shape index (κ2) is 2.95. The summed E-state index contributed by atoms with van der Waals surface area (Å²) in [4.78, 5) is -2.75. The van der Waals surface area contributed by atoms with Crippen molar-refractivity contribution in [1.82, 2.24) is 0 Å². The van der Waals surface area contributed by atoms with Gasteiger partial charge in [0.2, 0.25) is 0 Å². The van der Waals surface area contributed by atoms with E-state index in [4.69, 9.17) is 0 Å². The van der Waals surface area contributed by atoms with E-state index in [0.717, 1.165) is 5.38 Å². The molecule has 0 aromatic carbocycles. The van der Waals surface area contributed by atoms with Crippen LogP contribution < -0.4 is 0 Å². The van der Waals surface area contributed by atoms with Crippen LogP contribution in [-0.2, 0) is 16.4 Å². The standard InChI is InChI=1S/C5H2F4O2S2/c6-5(7,8)4-3(1-2-12-4)13(9,10)11/h1-2H. The van der Waals surface area contributed by atoms with Gasteiger partial charge in [0.25, 0.3) is 0 Å². The van der Waals surface area contributed by atoms with E-state index in [0.29, 0.717) is 6.07 Å². The summed E-state index contributed by atoms with van der Waals surface area (Å²) in [6, 6.07) is 0.586. The van der Waals surface area contributed by atoms with Crippen LogP contribution in [-0.4, -0.2) is 8.42 Å². The first-order valence-electron chi connectivity index (χ1n) is 2.82. The van der Waals surface area contributed by atoms with Crippen molar-refractivity contribution in [3.8, 4) is 0 Å². The minimum atomic E-state index is -5.28. The van der Waals surface area contributed by atoms with E-state index in [1.54, 1.807) is 0 Å². The van der Waals surface area contributed by atoms with Crippen LogP contribution in [0.3, 0.4) is 0 Å². The molecule has 0 aliphatic rings. The summed E-state index contributed by atoms with van der Waals surface area (Å²) in [5, 5.41) is 0.870. The van der Waals surface area contributed by atoms with Gasteiger partial charge in [0.05, 0.1) is 0 Å². The first kappa shape index (κ1) is 10.5. The zero-order chi connectivity index (χ0) is 10.3. The van der Waals surface area contributed by atoms with Crippen LogP contribution in [0, 0.1) is 0 Å². The smallest absolute Gasteiger partial charge is 0.189 e. The number of hydrogen-bond acceptors (Lipinski definition) is 3. The van der Waals surface area contributed by atoms with Crippen molar-refractivity contribution in [3.05, 3.63) is 16.3 Å². The molecular weight excluding hydrogens is 232 g/mol.